The molecule has 0 N–H and O–H groups in total. The fourth-order valence-electron chi connectivity index (χ4n) is 3.60. The van der Waals surface area contributed by atoms with Gasteiger partial charge in [-0.3, -0.25) is 4.79 Å². The third kappa shape index (κ3) is 4.63. The predicted octanol–water partition coefficient (Wildman–Crippen LogP) is 7.63. The van der Waals surface area contributed by atoms with Crippen LogP contribution in [0, 0.1) is 0 Å². The first-order chi connectivity index (χ1) is 17.2. The molecule has 0 saturated carbocycles. The summed E-state index contributed by atoms with van der Waals surface area (Å²) in [6.45, 7) is 0. The zero-order chi connectivity index (χ0) is 25.4. The van der Waals surface area contributed by atoms with Crippen LogP contribution in [0.25, 0.3) is 21.7 Å². The number of alkyl halides is 3. The Bertz CT molecular complexity index is 1670. The standard InChI is InChI=1S/C27H14ClF3O5/c28-18-8-5-16(6-9-18)26(33)35-20-11-12-21-22(14-20)36-25(27(29,30)31)24(23(21)32)34-19-10-7-15-3-1-2-4-17(15)13-19/h1-14H. The average Bonchev–Trinajstić information content (AvgIpc) is 2.85. The fourth-order valence-corrected chi connectivity index (χ4v) is 3.73. The number of hydrogen-bond donors (Lipinski definition) is 0. The van der Waals surface area contributed by atoms with Crippen LogP contribution in [-0.2, 0) is 6.18 Å². The lowest BCUT2D eigenvalue weighted by Gasteiger charge is -2.14. The highest BCUT2D eigenvalue weighted by Gasteiger charge is 2.40. The number of rotatable bonds is 4. The quantitative estimate of drug-likeness (QED) is 0.184. The normalized spacial score (nSPS) is 11.6. The number of halogens is 4. The van der Waals surface area contributed by atoms with E-state index in [2.05, 4.69) is 0 Å². The molecule has 0 fully saturated rings. The summed E-state index contributed by atoms with van der Waals surface area (Å²) >= 11 is 5.80. The Morgan fingerprint density at radius 3 is 2.25 bits per heavy atom. The maximum Gasteiger partial charge on any atom is 0.453 e. The van der Waals surface area contributed by atoms with Gasteiger partial charge < -0.3 is 13.9 Å². The van der Waals surface area contributed by atoms with E-state index in [0.29, 0.717) is 5.02 Å². The monoisotopic (exact) mass is 510 g/mol. The second-order valence-corrected chi connectivity index (χ2v) is 8.19. The van der Waals surface area contributed by atoms with E-state index in [-0.39, 0.29) is 22.4 Å². The molecule has 1 aromatic heterocycles. The highest BCUT2D eigenvalue weighted by atomic mass is 35.5. The van der Waals surface area contributed by atoms with Gasteiger partial charge in [-0.15, -0.1) is 0 Å². The van der Waals surface area contributed by atoms with Crippen molar-refractivity contribution < 1.29 is 31.9 Å². The summed E-state index contributed by atoms with van der Waals surface area (Å²) in [5, 5.41) is 1.82. The molecule has 0 atom stereocenters. The first kappa shape index (κ1) is 23.4. The largest absolute Gasteiger partial charge is 0.453 e. The van der Waals surface area contributed by atoms with Crippen LogP contribution in [-0.4, -0.2) is 5.97 Å². The van der Waals surface area contributed by atoms with Gasteiger partial charge in [-0.25, -0.2) is 4.79 Å². The summed E-state index contributed by atoms with van der Waals surface area (Å²) in [6, 6.07) is 21.2. The summed E-state index contributed by atoms with van der Waals surface area (Å²) in [4.78, 5) is 25.4. The van der Waals surface area contributed by atoms with Gasteiger partial charge in [0, 0.05) is 11.1 Å². The molecule has 0 amide bonds. The molecule has 0 aliphatic carbocycles. The zero-order valence-corrected chi connectivity index (χ0v) is 18.9. The maximum atomic E-state index is 13.9. The van der Waals surface area contributed by atoms with Crippen LogP contribution in [0.1, 0.15) is 16.1 Å². The van der Waals surface area contributed by atoms with E-state index in [0.717, 1.165) is 16.8 Å². The lowest BCUT2D eigenvalue weighted by Crippen LogP contribution is -2.15. The molecule has 0 bridgehead atoms. The second-order valence-electron chi connectivity index (χ2n) is 7.75. The zero-order valence-electron chi connectivity index (χ0n) is 18.1. The van der Waals surface area contributed by atoms with E-state index in [9.17, 15) is 22.8 Å². The van der Waals surface area contributed by atoms with E-state index in [1.54, 1.807) is 18.2 Å². The van der Waals surface area contributed by atoms with Crippen molar-refractivity contribution in [1.29, 1.82) is 0 Å². The van der Waals surface area contributed by atoms with Gasteiger partial charge in [-0.05, 0) is 59.3 Å². The van der Waals surface area contributed by atoms with E-state index in [4.69, 9.17) is 25.5 Å². The average molecular weight is 511 g/mol. The molecule has 5 aromatic rings. The lowest BCUT2D eigenvalue weighted by molar-refractivity contribution is -0.154. The van der Waals surface area contributed by atoms with Crippen molar-refractivity contribution in [1.82, 2.24) is 0 Å². The number of ether oxygens (including phenoxy) is 2. The molecule has 1 heterocycles. The minimum atomic E-state index is -5.03. The minimum Gasteiger partial charge on any atom is -0.449 e. The van der Waals surface area contributed by atoms with Crippen molar-refractivity contribution in [2.75, 3.05) is 0 Å². The molecular formula is C27H14ClF3O5. The number of hydrogen-bond acceptors (Lipinski definition) is 5. The molecule has 0 aliphatic heterocycles. The van der Waals surface area contributed by atoms with E-state index >= 15 is 0 Å². The molecule has 0 unspecified atom stereocenters. The molecule has 4 aromatic carbocycles. The number of benzene rings is 4. The smallest absolute Gasteiger partial charge is 0.449 e. The van der Waals surface area contributed by atoms with Crippen LogP contribution in [0.3, 0.4) is 0 Å². The first-order valence-corrected chi connectivity index (χ1v) is 10.9. The Morgan fingerprint density at radius 1 is 0.833 bits per heavy atom. The van der Waals surface area contributed by atoms with Crippen LogP contribution in [0.2, 0.25) is 5.02 Å². The van der Waals surface area contributed by atoms with Crippen molar-refractivity contribution in [3.8, 4) is 17.2 Å². The Morgan fingerprint density at radius 2 is 1.53 bits per heavy atom. The van der Waals surface area contributed by atoms with Gasteiger partial charge in [0.25, 0.3) is 5.76 Å². The SMILES string of the molecule is O=C(Oc1ccc2c(=O)c(Oc3ccc4ccccc4c3)c(C(F)(F)F)oc2c1)c1ccc(Cl)cc1. The van der Waals surface area contributed by atoms with Gasteiger partial charge in [0.05, 0.1) is 10.9 Å². The Kier molecular flexibility index (Phi) is 5.89. The van der Waals surface area contributed by atoms with Crippen molar-refractivity contribution in [3.05, 3.63) is 111 Å². The predicted molar refractivity (Wildman–Crippen MR) is 128 cm³/mol. The van der Waals surface area contributed by atoms with Gasteiger partial charge in [-0.2, -0.15) is 13.2 Å². The number of carbonyl (C=O) groups is 1. The van der Waals surface area contributed by atoms with Gasteiger partial charge in [0.2, 0.25) is 11.2 Å². The third-order valence-electron chi connectivity index (χ3n) is 5.31. The highest BCUT2D eigenvalue weighted by molar-refractivity contribution is 6.30. The van der Waals surface area contributed by atoms with Crippen molar-refractivity contribution in [3.63, 3.8) is 0 Å². The van der Waals surface area contributed by atoms with Crippen LogP contribution in [0.4, 0.5) is 13.2 Å². The van der Waals surface area contributed by atoms with Gasteiger partial charge >= 0.3 is 12.1 Å². The van der Waals surface area contributed by atoms with Crippen molar-refractivity contribution in [2.24, 2.45) is 0 Å². The van der Waals surface area contributed by atoms with E-state index in [1.165, 1.54) is 48.5 Å². The molecule has 0 spiro atoms. The summed E-state index contributed by atoms with van der Waals surface area (Å²) in [6.07, 6.45) is -5.03. The summed E-state index contributed by atoms with van der Waals surface area (Å²) in [5.41, 5.74) is -1.26. The fraction of sp³-hybridized carbons (Fsp3) is 0.0370. The summed E-state index contributed by atoms with van der Waals surface area (Å²) < 4.78 is 57.3. The van der Waals surface area contributed by atoms with Crippen LogP contribution >= 0.6 is 11.6 Å². The second kappa shape index (κ2) is 9.05. The Labute approximate surface area is 206 Å². The van der Waals surface area contributed by atoms with Gasteiger partial charge in [0.1, 0.15) is 17.1 Å². The lowest BCUT2D eigenvalue weighted by atomic mass is 10.1. The molecule has 180 valence electrons. The van der Waals surface area contributed by atoms with Gasteiger partial charge in [-0.1, -0.05) is 41.9 Å². The minimum absolute atomic E-state index is 0.0411. The Balaban J connectivity index is 1.54. The highest BCUT2D eigenvalue weighted by Crippen LogP contribution is 2.39. The van der Waals surface area contributed by atoms with Crippen LogP contribution in [0.15, 0.2) is 94.1 Å². The third-order valence-corrected chi connectivity index (χ3v) is 5.56. The van der Waals surface area contributed by atoms with E-state index < -0.39 is 34.7 Å². The molecular weight excluding hydrogens is 497 g/mol. The molecule has 0 aliphatic rings. The number of esters is 1. The Hall–Kier alpha value is -4.30. The molecule has 5 nitrogen and oxygen atoms in total. The van der Waals surface area contributed by atoms with Crippen molar-refractivity contribution in [2.45, 2.75) is 6.18 Å². The molecule has 9 heteroatoms. The van der Waals surface area contributed by atoms with Crippen molar-refractivity contribution >= 4 is 39.3 Å². The molecule has 36 heavy (non-hydrogen) atoms. The molecule has 0 saturated heterocycles. The topological polar surface area (TPSA) is 65.7 Å². The number of carbonyl (C=O) groups excluding carboxylic acids is 1. The summed E-state index contributed by atoms with van der Waals surface area (Å²) in [5.74, 6) is -3.42. The van der Waals surface area contributed by atoms with E-state index in [1.807, 2.05) is 12.1 Å². The maximum absolute atomic E-state index is 13.9. The molecule has 0 radical (unpaired) electrons. The first-order valence-electron chi connectivity index (χ1n) is 10.5. The number of fused-ring (bicyclic) bond motifs is 2. The van der Waals surface area contributed by atoms with Gasteiger partial charge in [0.15, 0.2) is 0 Å². The summed E-state index contributed by atoms with van der Waals surface area (Å²) in [7, 11) is 0. The van der Waals surface area contributed by atoms with Crippen LogP contribution < -0.4 is 14.9 Å². The van der Waals surface area contributed by atoms with Crippen LogP contribution in [0.5, 0.6) is 17.2 Å². The molecule has 5 rings (SSSR count).